The highest BCUT2D eigenvalue weighted by Gasteiger charge is 2.34. The smallest absolute Gasteiger partial charge is 0.375 e. The lowest BCUT2D eigenvalue weighted by Crippen LogP contribution is -2.26. The minimum Gasteiger partial charge on any atom is -0.460 e. The molecule has 22 heavy (non-hydrogen) atoms. The van der Waals surface area contributed by atoms with E-state index in [0.29, 0.717) is 0 Å². The predicted molar refractivity (Wildman–Crippen MR) is 77.8 cm³/mol. The number of halogens is 1. The van der Waals surface area contributed by atoms with Gasteiger partial charge in [-0.2, -0.15) is 0 Å². The van der Waals surface area contributed by atoms with Gasteiger partial charge in [0.05, 0.1) is 17.4 Å². The third-order valence-electron chi connectivity index (χ3n) is 2.86. The van der Waals surface area contributed by atoms with Gasteiger partial charge in [0.2, 0.25) is 5.78 Å². The summed E-state index contributed by atoms with van der Waals surface area (Å²) in [6.45, 7) is 2.73. The van der Waals surface area contributed by atoms with E-state index in [1.807, 2.05) is 0 Å². The Balaban J connectivity index is 3.38. The van der Waals surface area contributed by atoms with Crippen molar-refractivity contribution in [1.29, 1.82) is 0 Å². The van der Waals surface area contributed by atoms with Gasteiger partial charge in [-0.15, -0.1) is 0 Å². The first-order valence-corrected chi connectivity index (χ1v) is 6.80. The van der Waals surface area contributed by atoms with E-state index >= 15 is 0 Å². The van der Waals surface area contributed by atoms with E-state index in [1.54, 1.807) is 0 Å². The highest BCUT2D eigenvalue weighted by molar-refractivity contribution is 6.37. The molecule has 0 aliphatic carbocycles. The second-order valence-corrected chi connectivity index (χ2v) is 4.89. The maximum absolute atomic E-state index is 12.2. The zero-order chi connectivity index (χ0) is 16.9. The van der Waals surface area contributed by atoms with Crippen LogP contribution in [-0.2, 0) is 19.1 Å². The Morgan fingerprint density at radius 2 is 2.00 bits per heavy atom. The van der Waals surface area contributed by atoms with Crippen LogP contribution in [0.1, 0.15) is 31.7 Å². The summed E-state index contributed by atoms with van der Waals surface area (Å²) in [7, 11) is 0. The quantitative estimate of drug-likeness (QED) is 0.330. The lowest BCUT2D eigenvalue weighted by molar-refractivity contribution is -0.385. The summed E-state index contributed by atoms with van der Waals surface area (Å²) in [5, 5.41) is 11.0. The highest BCUT2D eigenvalue weighted by atomic mass is 35.5. The molecule has 1 aromatic carbocycles. The fourth-order valence-electron chi connectivity index (χ4n) is 1.98. The van der Waals surface area contributed by atoms with Crippen molar-refractivity contribution in [2.24, 2.45) is 0 Å². The number of esters is 1. The fourth-order valence-corrected chi connectivity index (χ4v) is 2.23. The van der Waals surface area contributed by atoms with Gasteiger partial charge in [-0.25, -0.2) is 4.79 Å². The van der Waals surface area contributed by atoms with Gasteiger partial charge >= 0.3 is 5.97 Å². The number of para-hydroxylation sites is 1. The lowest BCUT2D eigenvalue weighted by Gasteiger charge is -2.14. The Labute approximate surface area is 131 Å². The number of nitro groups is 1. The van der Waals surface area contributed by atoms with Crippen LogP contribution in [0.4, 0.5) is 5.69 Å². The van der Waals surface area contributed by atoms with Crippen LogP contribution >= 0.6 is 11.6 Å². The molecule has 0 aliphatic rings. The first-order valence-electron chi connectivity index (χ1n) is 6.42. The zero-order valence-electron chi connectivity index (χ0n) is 12.0. The standard InChI is InChI=1S/C14H14ClNO6/c1-3-22-14(19)13(18)10(7-8(2)17)9-5-4-6-11(15)12(9)16(20)21/h4-6,10H,3,7H2,1-2H3. The largest absolute Gasteiger partial charge is 0.460 e. The topological polar surface area (TPSA) is 104 Å². The van der Waals surface area contributed by atoms with Crippen LogP contribution in [0, 0.1) is 10.1 Å². The van der Waals surface area contributed by atoms with Crippen molar-refractivity contribution in [3.63, 3.8) is 0 Å². The van der Waals surface area contributed by atoms with Crippen molar-refractivity contribution in [2.75, 3.05) is 6.61 Å². The second-order valence-electron chi connectivity index (χ2n) is 4.48. The minimum atomic E-state index is -1.30. The van der Waals surface area contributed by atoms with Crippen LogP contribution in [0.5, 0.6) is 0 Å². The van der Waals surface area contributed by atoms with E-state index < -0.39 is 34.1 Å². The maximum atomic E-state index is 12.2. The van der Waals surface area contributed by atoms with E-state index in [2.05, 4.69) is 4.74 Å². The van der Waals surface area contributed by atoms with Crippen LogP contribution < -0.4 is 0 Å². The van der Waals surface area contributed by atoms with Gasteiger partial charge in [0.15, 0.2) is 0 Å². The molecule has 0 bridgehead atoms. The van der Waals surface area contributed by atoms with Gasteiger partial charge in [0.1, 0.15) is 10.8 Å². The zero-order valence-corrected chi connectivity index (χ0v) is 12.8. The molecule has 1 unspecified atom stereocenters. The van der Waals surface area contributed by atoms with Gasteiger partial charge in [0.25, 0.3) is 5.69 Å². The van der Waals surface area contributed by atoms with Crippen LogP contribution in [0.2, 0.25) is 5.02 Å². The average Bonchev–Trinajstić information content (AvgIpc) is 2.43. The minimum absolute atomic E-state index is 0.0188. The van der Waals surface area contributed by atoms with E-state index in [9.17, 15) is 24.5 Å². The summed E-state index contributed by atoms with van der Waals surface area (Å²) in [6.07, 6.45) is -0.348. The van der Waals surface area contributed by atoms with Gasteiger partial charge in [-0.3, -0.25) is 19.7 Å². The Kier molecular flexibility index (Phi) is 6.18. The van der Waals surface area contributed by atoms with Crippen molar-refractivity contribution >= 4 is 34.8 Å². The van der Waals surface area contributed by atoms with Gasteiger partial charge in [-0.1, -0.05) is 23.7 Å². The molecule has 118 valence electrons. The molecule has 0 N–H and O–H groups in total. The molecule has 0 amide bonds. The molecule has 0 saturated heterocycles. The molecule has 0 spiro atoms. The third kappa shape index (κ3) is 4.11. The Bertz CT molecular complexity index is 628. The molecule has 0 heterocycles. The third-order valence-corrected chi connectivity index (χ3v) is 3.17. The molecule has 1 rings (SSSR count). The number of nitro benzene ring substituents is 1. The molecule has 0 fully saturated rings. The summed E-state index contributed by atoms with van der Waals surface area (Å²) >= 11 is 5.80. The summed E-state index contributed by atoms with van der Waals surface area (Å²) < 4.78 is 4.62. The van der Waals surface area contributed by atoms with E-state index in [4.69, 9.17) is 11.6 Å². The summed E-state index contributed by atoms with van der Waals surface area (Å²) in [4.78, 5) is 45.6. The highest BCUT2D eigenvalue weighted by Crippen LogP contribution is 2.35. The number of nitrogens with zero attached hydrogens (tertiary/aromatic N) is 1. The molecule has 7 nitrogen and oxygen atoms in total. The van der Waals surface area contributed by atoms with E-state index in [1.165, 1.54) is 32.0 Å². The maximum Gasteiger partial charge on any atom is 0.375 e. The van der Waals surface area contributed by atoms with Crippen molar-refractivity contribution < 1.29 is 24.0 Å². The molecular weight excluding hydrogens is 314 g/mol. The Hall–Kier alpha value is -2.28. The summed E-state index contributed by atoms with van der Waals surface area (Å²) in [6, 6.07) is 4.01. The molecule has 1 atom stereocenters. The number of ether oxygens (including phenoxy) is 1. The van der Waals surface area contributed by atoms with Crippen LogP contribution in [0.25, 0.3) is 0 Å². The summed E-state index contributed by atoms with van der Waals surface area (Å²) in [5.74, 6) is -3.84. The first kappa shape index (κ1) is 17.8. The lowest BCUT2D eigenvalue weighted by atomic mass is 9.89. The number of benzene rings is 1. The number of rotatable bonds is 7. The van der Waals surface area contributed by atoms with Gasteiger partial charge in [0, 0.05) is 12.0 Å². The normalized spacial score (nSPS) is 11.6. The van der Waals surface area contributed by atoms with Crippen LogP contribution in [-0.4, -0.2) is 29.1 Å². The van der Waals surface area contributed by atoms with E-state index in [-0.39, 0.29) is 23.6 Å². The molecular formula is C14H14ClNO6. The van der Waals surface area contributed by atoms with Crippen molar-refractivity contribution in [3.8, 4) is 0 Å². The van der Waals surface area contributed by atoms with Gasteiger partial charge in [-0.05, 0) is 19.9 Å². The fraction of sp³-hybridized carbons (Fsp3) is 0.357. The number of carbonyl (C=O) groups excluding carboxylic acids is 3. The van der Waals surface area contributed by atoms with Crippen LogP contribution in [0.15, 0.2) is 18.2 Å². The number of hydrogen-bond acceptors (Lipinski definition) is 6. The molecule has 0 aliphatic heterocycles. The SMILES string of the molecule is CCOC(=O)C(=O)C(CC(C)=O)c1cccc(Cl)c1[N+](=O)[O-]. The Morgan fingerprint density at radius 3 is 2.50 bits per heavy atom. The summed E-state index contributed by atoms with van der Waals surface area (Å²) in [5.41, 5.74) is -0.571. The first-order chi connectivity index (χ1) is 10.3. The number of carbonyl (C=O) groups is 3. The molecule has 0 saturated carbocycles. The Morgan fingerprint density at radius 1 is 1.36 bits per heavy atom. The molecule has 1 aromatic rings. The monoisotopic (exact) mass is 327 g/mol. The molecule has 8 heteroatoms. The molecule has 0 aromatic heterocycles. The second kappa shape index (κ2) is 7.65. The van der Waals surface area contributed by atoms with Crippen molar-refractivity contribution in [1.82, 2.24) is 0 Å². The van der Waals surface area contributed by atoms with Gasteiger partial charge < -0.3 is 4.74 Å². The van der Waals surface area contributed by atoms with E-state index in [0.717, 1.165) is 0 Å². The van der Waals surface area contributed by atoms with Crippen molar-refractivity contribution in [2.45, 2.75) is 26.2 Å². The average molecular weight is 328 g/mol. The number of Topliss-reactive ketones (excluding diaryl/α,β-unsaturated/α-hetero) is 2. The van der Waals surface area contributed by atoms with Crippen molar-refractivity contribution in [3.05, 3.63) is 38.9 Å². The predicted octanol–water partition coefficient (Wildman–Crippen LogP) is 2.44. The number of ketones is 2. The molecule has 0 radical (unpaired) electrons. The number of hydrogen-bond donors (Lipinski definition) is 0. The van der Waals surface area contributed by atoms with Crippen LogP contribution in [0.3, 0.4) is 0 Å².